The van der Waals surface area contributed by atoms with Gasteiger partial charge in [-0.1, -0.05) is 11.3 Å². The van der Waals surface area contributed by atoms with Crippen LogP contribution in [0.4, 0.5) is 5.69 Å². The maximum absolute atomic E-state index is 12.2. The summed E-state index contributed by atoms with van der Waals surface area (Å²) in [5, 5.41) is 13.9. The molecule has 0 bridgehead atoms. The Bertz CT molecular complexity index is 650. The van der Waals surface area contributed by atoms with E-state index in [-0.39, 0.29) is 5.91 Å². The Balaban J connectivity index is 1.75. The molecular weight excluding hydrogens is 322 g/mol. The van der Waals surface area contributed by atoms with Gasteiger partial charge >= 0.3 is 0 Å². The Labute approximate surface area is 124 Å². The number of anilines is 1. The second kappa shape index (κ2) is 5.34. The number of aryl methyl sites for hydroxylation is 1. The molecule has 2 N–H and O–H groups in total. The first-order chi connectivity index (χ1) is 9.63. The lowest BCUT2D eigenvalue weighted by atomic mass is 10.2. The van der Waals surface area contributed by atoms with Gasteiger partial charge in [0.05, 0.1) is 17.9 Å². The highest BCUT2D eigenvalue weighted by Gasteiger charge is 2.21. The van der Waals surface area contributed by atoms with Crippen molar-refractivity contribution in [1.29, 1.82) is 0 Å². The number of hydrogen-bond donors (Lipinski definition) is 2. The minimum Gasteiger partial charge on any atom is -0.319 e. The van der Waals surface area contributed by atoms with Crippen LogP contribution in [0.5, 0.6) is 0 Å². The summed E-state index contributed by atoms with van der Waals surface area (Å²) in [5.41, 5.74) is 2.13. The lowest BCUT2D eigenvalue weighted by molar-refractivity contribution is 0.102. The molecule has 3 rings (SSSR count). The molecule has 6 nitrogen and oxygen atoms in total. The van der Waals surface area contributed by atoms with Gasteiger partial charge in [-0.25, -0.2) is 4.68 Å². The highest BCUT2D eigenvalue weighted by atomic mass is 79.9. The van der Waals surface area contributed by atoms with Crippen molar-refractivity contribution >= 4 is 27.5 Å². The number of benzene rings is 1. The molecule has 1 aromatic carbocycles. The fraction of sp³-hybridized carbons (Fsp3) is 0.308. The number of halogens is 1. The summed E-state index contributed by atoms with van der Waals surface area (Å²) in [6.45, 7) is 3.71. The second-order valence-corrected chi connectivity index (χ2v) is 5.69. The van der Waals surface area contributed by atoms with Gasteiger partial charge in [0.1, 0.15) is 0 Å². The molecule has 0 atom stereocenters. The molecule has 1 saturated heterocycles. The molecular formula is C13H14BrN5O. The van der Waals surface area contributed by atoms with Gasteiger partial charge < -0.3 is 10.6 Å². The van der Waals surface area contributed by atoms with Gasteiger partial charge in [0.2, 0.25) is 0 Å². The number of nitrogens with one attached hydrogen (secondary N) is 2. The van der Waals surface area contributed by atoms with Gasteiger partial charge in [-0.2, -0.15) is 0 Å². The van der Waals surface area contributed by atoms with Crippen molar-refractivity contribution in [1.82, 2.24) is 20.3 Å². The fourth-order valence-corrected chi connectivity index (χ4v) is 2.29. The van der Waals surface area contributed by atoms with Crippen molar-refractivity contribution < 1.29 is 4.79 Å². The summed E-state index contributed by atoms with van der Waals surface area (Å²) in [4.78, 5) is 12.2. The van der Waals surface area contributed by atoms with E-state index in [1.165, 1.54) is 0 Å². The lowest BCUT2D eigenvalue weighted by Gasteiger charge is -2.26. The molecule has 7 heteroatoms. The third-order valence-corrected chi connectivity index (χ3v) is 3.94. The monoisotopic (exact) mass is 335 g/mol. The Kier molecular flexibility index (Phi) is 3.54. The Morgan fingerprint density at radius 3 is 3.00 bits per heavy atom. The summed E-state index contributed by atoms with van der Waals surface area (Å²) in [6, 6.07) is 6.08. The Morgan fingerprint density at radius 2 is 2.30 bits per heavy atom. The first-order valence-electron chi connectivity index (χ1n) is 6.33. The Hall–Kier alpha value is -1.73. The van der Waals surface area contributed by atoms with Gasteiger partial charge in [0.25, 0.3) is 5.91 Å². The van der Waals surface area contributed by atoms with Crippen LogP contribution in [0.25, 0.3) is 0 Å². The zero-order chi connectivity index (χ0) is 14.1. The molecule has 0 radical (unpaired) electrons. The van der Waals surface area contributed by atoms with E-state index in [9.17, 15) is 4.79 Å². The number of carbonyl (C=O) groups is 1. The Morgan fingerprint density at radius 1 is 1.50 bits per heavy atom. The normalized spacial score (nSPS) is 14.9. The number of nitrogens with zero attached hydrogens (tertiary/aromatic N) is 3. The first kappa shape index (κ1) is 13.3. The molecule has 1 amide bonds. The van der Waals surface area contributed by atoms with Crippen molar-refractivity contribution in [3.63, 3.8) is 0 Å². The third-order valence-electron chi connectivity index (χ3n) is 3.25. The van der Waals surface area contributed by atoms with Crippen LogP contribution in [-0.4, -0.2) is 34.0 Å². The maximum atomic E-state index is 12.2. The van der Waals surface area contributed by atoms with Gasteiger partial charge in [0, 0.05) is 17.6 Å². The smallest absolute Gasteiger partial charge is 0.277 e. The number of hydrogen-bond acceptors (Lipinski definition) is 4. The highest BCUT2D eigenvalue weighted by molar-refractivity contribution is 9.10. The van der Waals surface area contributed by atoms with E-state index in [1.807, 2.05) is 25.1 Å². The SMILES string of the molecule is Cc1ccc(Br)c(NC(=O)c2cn(C3CNC3)nn2)c1. The molecule has 1 aromatic heterocycles. The first-order valence-corrected chi connectivity index (χ1v) is 7.13. The third kappa shape index (κ3) is 2.59. The molecule has 1 aliphatic heterocycles. The fourth-order valence-electron chi connectivity index (χ4n) is 1.94. The van der Waals surface area contributed by atoms with Crippen molar-refractivity contribution in [2.75, 3.05) is 18.4 Å². The lowest BCUT2D eigenvalue weighted by Crippen LogP contribution is -2.43. The minimum absolute atomic E-state index is 0.255. The summed E-state index contributed by atoms with van der Waals surface area (Å²) in [7, 11) is 0. The molecule has 20 heavy (non-hydrogen) atoms. The van der Waals surface area contributed by atoms with Crippen molar-refractivity contribution in [2.45, 2.75) is 13.0 Å². The number of carbonyl (C=O) groups excluding carboxylic acids is 1. The van der Waals surface area contributed by atoms with E-state index in [1.54, 1.807) is 10.9 Å². The maximum Gasteiger partial charge on any atom is 0.277 e. The minimum atomic E-state index is -0.255. The van der Waals surface area contributed by atoms with Crippen LogP contribution in [0.3, 0.4) is 0 Å². The topological polar surface area (TPSA) is 71.8 Å². The predicted octanol–water partition coefficient (Wildman–Crippen LogP) is 1.75. The van der Waals surface area contributed by atoms with E-state index in [0.717, 1.165) is 28.8 Å². The molecule has 0 spiro atoms. The van der Waals surface area contributed by atoms with Crippen LogP contribution in [0, 0.1) is 6.92 Å². The zero-order valence-corrected chi connectivity index (χ0v) is 12.5. The van der Waals surface area contributed by atoms with Crippen LogP contribution in [0.2, 0.25) is 0 Å². The van der Waals surface area contributed by atoms with E-state index in [4.69, 9.17) is 0 Å². The van der Waals surface area contributed by atoms with Crippen molar-refractivity contribution in [3.05, 3.63) is 40.1 Å². The number of amides is 1. The van der Waals surface area contributed by atoms with E-state index < -0.39 is 0 Å². The summed E-state index contributed by atoms with van der Waals surface area (Å²) in [6.07, 6.45) is 1.69. The van der Waals surface area contributed by atoms with Gasteiger partial charge in [-0.15, -0.1) is 5.10 Å². The molecule has 104 valence electrons. The largest absolute Gasteiger partial charge is 0.319 e. The summed E-state index contributed by atoms with van der Waals surface area (Å²) >= 11 is 3.42. The van der Waals surface area contributed by atoms with Crippen LogP contribution < -0.4 is 10.6 Å². The van der Waals surface area contributed by atoms with Crippen LogP contribution >= 0.6 is 15.9 Å². The molecule has 2 heterocycles. The molecule has 2 aromatic rings. The molecule has 1 fully saturated rings. The molecule has 1 aliphatic rings. The predicted molar refractivity (Wildman–Crippen MR) is 78.8 cm³/mol. The molecule has 0 unspecified atom stereocenters. The van der Waals surface area contributed by atoms with Gasteiger partial charge in [0.15, 0.2) is 5.69 Å². The second-order valence-electron chi connectivity index (χ2n) is 4.83. The number of rotatable bonds is 3. The zero-order valence-electron chi connectivity index (χ0n) is 10.9. The van der Waals surface area contributed by atoms with Crippen LogP contribution in [-0.2, 0) is 0 Å². The van der Waals surface area contributed by atoms with E-state index in [2.05, 4.69) is 36.9 Å². The van der Waals surface area contributed by atoms with Crippen molar-refractivity contribution in [2.24, 2.45) is 0 Å². The van der Waals surface area contributed by atoms with E-state index in [0.29, 0.717) is 11.7 Å². The average Bonchev–Trinajstić information content (AvgIpc) is 2.81. The summed E-state index contributed by atoms with van der Waals surface area (Å²) in [5.74, 6) is -0.255. The van der Waals surface area contributed by atoms with Gasteiger partial charge in [-0.05, 0) is 40.5 Å². The standard InChI is InChI=1S/C13H14BrN5O/c1-8-2-3-10(14)11(4-8)16-13(20)12-7-19(18-17-12)9-5-15-6-9/h2-4,7,9,15H,5-6H2,1H3,(H,16,20). The van der Waals surface area contributed by atoms with Gasteiger partial charge in [-0.3, -0.25) is 4.79 Å². The van der Waals surface area contributed by atoms with Crippen molar-refractivity contribution in [3.8, 4) is 0 Å². The van der Waals surface area contributed by atoms with E-state index >= 15 is 0 Å². The highest BCUT2D eigenvalue weighted by Crippen LogP contribution is 2.23. The molecule has 0 saturated carbocycles. The molecule has 0 aliphatic carbocycles. The summed E-state index contributed by atoms with van der Waals surface area (Å²) < 4.78 is 2.57. The number of aromatic nitrogens is 3. The van der Waals surface area contributed by atoms with Crippen LogP contribution in [0.1, 0.15) is 22.1 Å². The quantitative estimate of drug-likeness (QED) is 0.896. The van der Waals surface area contributed by atoms with Crippen LogP contribution in [0.15, 0.2) is 28.9 Å². The average molecular weight is 336 g/mol.